The van der Waals surface area contributed by atoms with Crippen LogP contribution in [0.2, 0.25) is 0 Å². The van der Waals surface area contributed by atoms with Crippen LogP contribution in [0.25, 0.3) is 0 Å². The van der Waals surface area contributed by atoms with Crippen molar-refractivity contribution in [2.45, 2.75) is 52.0 Å². The normalized spacial score (nSPS) is 17.7. The number of aryl methyl sites for hydroxylation is 1. The molecule has 1 aromatic rings. The highest BCUT2D eigenvalue weighted by Crippen LogP contribution is 2.34. The molecule has 1 atom stereocenters. The van der Waals surface area contributed by atoms with Crippen molar-refractivity contribution in [3.8, 4) is 0 Å². The molecule has 1 fully saturated rings. The van der Waals surface area contributed by atoms with E-state index >= 15 is 0 Å². The monoisotopic (exact) mass is 225 g/mol. The van der Waals surface area contributed by atoms with Crippen LogP contribution in [0.1, 0.15) is 45.4 Å². The zero-order valence-corrected chi connectivity index (χ0v) is 10.3. The van der Waals surface area contributed by atoms with Gasteiger partial charge in [0.1, 0.15) is 5.82 Å². The Morgan fingerprint density at radius 3 is 2.80 bits per heavy atom. The van der Waals surface area contributed by atoms with Gasteiger partial charge in [-0.3, -0.25) is 0 Å². The summed E-state index contributed by atoms with van der Waals surface area (Å²) in [6.07, 6.45) is 6.26. The molecule has 4 heteroatoms. The number of hydrogen-bond acceptors (Lipinski definition) is 4. The predicted octanol–water partition coefficient (Wildman–Crippen LogP) is 3.09. The molecule has 0 bridgehead atoms. The molecule has 84 valence electrons. The van der Waals surface area contributed by atoms with Gasteiger partial charge in [-0.05, 0) is 18.8 Å². The van der Waals surface area contributed by atoms with E-state index in [9.17, 15) is 0 Å². The average Bonchev–Trinajstić information content (AvgIpc) is 2.95. The highest BCUT2D eigenvalue weighted by Gasteiger charge is 2.25. The van der Waals surface area contributed by atoms with E-state index in [4.69, 9.17) is 0 Å². The molecule has 2 rings (SSSR count). The summed E-state index contributed by atoms with van der Waals surface area (Å²) in [5.74, 6) is 1.93. The minimum atomic E-state index is 0.593. The molecular weight excluding hydrogens is 206 g/mol. The van der Waals surface area contributed by atoms with Gasteiger partial charge in [-0.25, -0.2) is 4.98 Å². The smallest absolute Gasteiger partial charge is 0.202 e. The maximum Gasteiger partial charge on any atom is 0.202 e. The van der Waals surface area contributed by atoms with Crippen LogP contribution >= 0.6 is 11.5 Å². The lowest BCUT2D eigenvalue weighted by atomic mass is 10.1. The van der Waals surface area contributed by atoms with Crippen LogP contribution in [0.3, 0.4) is 0 Å². The van der Waals surface area contributed by atoms with Gasteiger partial charge in [0.15, 0.2) is 0 Å². The molecule has 0 radical (unpaired) electrons. The molecule has 1 aromatic heterocycles. The van der Waals surface area contributed by atoms with Crippen LogP contribution in [0.5, 0.6) is 0 Å². The number of hydrogen-bond donors (Lipinski definition) is 1. The fourth-order valence-electron chi connectivity index (χ4n) is 1.71. The fraction of sp³-hybridized carbons (Fsp3) is 0.818. The molecule has 3 nitrogen and oxygen atoms in total. The Bertz CT molecular complexity index is 307. The van der Waals surface area contributed by atoms with E-state index < -0.39 is 0 Å². The molecule has 0 spiro atoms. The van der Waals surface area contributed by atoms with Crippen LogP contribution in [-0.2, 0) is 6.42 Å². The zero-order valence-electron chi connectivity index (χ0n) is 9.49. The molecule has 0 amide bonds. The van der Waals surface area contributed by atoms with Crippen LogP contribution in [-0.4, -0.2) is 15.4 Å². The van der Waals surface area contributed by atoms with Gasteiger partial charge in [-0.15, -0.1) is 0 Å². The summed E-state index contributed by atoms with van der Waals surface area (Å²) >= 11 is 1.49. The Hall–Kier alpha value is -0.640. The summed E-state index contributed by atoms with van der Waals surface area (Å²) in [4.78, 5) is 4.44. The number of anilines is 1. The summed E-state index contributed by atoms with van der Waals surface area (Å²) in [5, 5.41) is 4.50. The Kier molecular flexibility index (Phi) is 3.57. The molecule has 0 saturated heterocycles. The van der Waals surface area contributed by atoms with Crippen molar-refractivity contribution in [1.82, 2.24) is 9.36 Å². The number of rotatable bonds is 6. The van der Waals surface area contributed by atoms with Crippen LogP contribution in [0, 0.1) is 5.92 Å². The predicted molar refractivity (Wildman–Crippen MR) is 64.3 cm³/mol. The molecule has 15 heavy (non-hydrogen) atoms. The number of nitrogens with one attached hydrogen (secondary N) is 1. The van der Waals surface area contributed by atoms with Gasteiger partial charge in [0.05, 0.1) is 0 Å². The summed E-state index contributed by atoms with van der Waals surface area (Å²) in [6, 6.07) is 0.593. The van der Waals surface area contributed by atoms with E-state index in [2.05, 4.69) is 28.5 Å². The van der Waals surface area contributed by atoms with Gasteiger partial charge in [0.25, 0.3) is 0 Å². The molecule has 1 heterocycles. The van der Waals surface area contributed by atoms with Gasteiger partial charge in [-0.2, -0.15) is 4.37 Å². The van der Waals surface area contributed by atoms with E-state index in [1.807, 2.05) is 0 Å². The summed E-state index contributed by atoms with van der Waals surface area (Å²) in [6.45, 7) is 4.33. The molecule has 1 aliphatic rings. The van der Waals surface area contributed by atoms with E-state index in [1.165, 1.54) is 37.2 Å². The van der Waals surface area contributed by atoms with Crippen molar-refractivity contribution in [3.63, 3.8) is 0 Å². The lowest BCUT2D eigenvalue weighted by molar-refractivity contribution is 0.586. The maximum atomic E-state index is 4.44. The second-order valence-corrected chi connectivity index (χ2v) is 5.05. The molecule has 0 aromatic carbocycles. The summed E-state index contributed by atoms with van der Waals surface area (Å²) in [5.41, 5.74) is 0. The first-order chi connectivity index (χ1) is 7.31. The molecule has 1 saturated carbocycles. The second kappa shape index (κ2) is 4.92. The quantitative estimate of drug-likeness (QED) is 0.808. The van der Waals surface area contributed by atoms with Crippen LogP contribution < -0.4 is 5.32 Å². The van der Waals surface area contributed by atoms with Crippen LogP contribution in [0.4, 0.5) is 5.13 Å². The van der Waals surface area contributed by atoms with Gasteiger partial charge < -0.3 is 5.32 Å². The SMILES string of the molecule is CCc1nsc(NC(CC)CC2CC2)n1. The third kappa shape index (κ3) is 3.16. The largest absolute Gasteiger partial charge is 0.358 e. The molecular formula is C11H19N3S. The first-order valence-electron chi connectivity index (χ1n) is 5.91. The summed E-state index contributed by atoms with van der Waals surface area (Å²) < 4.78 is 4.28. The van der Waals surface area contributed by atoms with Gasteiger partial charge >= 0.3 is 0 Å². The van der Waals surface area contributed by atoms with E-state index in [0.29, 0.717) is 6.04 Å². The van der Waals surface area contributed by atoms with Crippen molar-refractivity contribution in [2.24, 2.45) is 5.92 Å². The van der Waals surface area contributed by atoms with Crippen molar-refractivity contribution in [1.29, 1.82) is 0 Å². The third-order valence-electron chi connectivity index (χ3n) is 2.92. The zero-order chi connectivity index (χ0) is 10.7. The third-order valence-corrected chi connectivity index (χ3v) is 3.60. The van der Waals surface area contributed by atoms with Crippen molar-refractivity contribution >= 4 is 16.7 Å². The summed E-state index contributed by atoms with van der Waals surface area (Å²) in [7, 11) is 0. The van der Waals surface area contributed by atoms with E-state index in [-0.39, 0.29) is 0 Å². The van der Waals surface area contributed by atoms with E-state index in [0.717, 1.165) is 23.3 Å². The van der Waals surface area contributed by atoms with Crippen molar-refractivity contribution in [3.05, 3.63) is 5.82 Å². The van der Waals surface area contributed by atoms with Gasteiger partial charge in [0, 0.05) is 24.0 Å². The molecule has 1 N–H and O–H groups in total. The Morgan fingerprint density at radius 2 is 2.27 bits per heavy atom. The van der Waals surface area contributed by atoms with Gasteiger partial charge in [0.2, 0.25) is 5.13 Å². The van der Waals surface area contributed by atoms with Crippen molar-refractivity contribution in [2.75, 3.05) is 5.32 Å². The molecule has 1 unspecified atom stereocenters. The lowest BCUT2D eigenvalue weighted by Crippen LogP contribution is -2.18. The van der Waals surface area contributed by atoms with Crippen molar-refractivity contribution < 1.29 is 0 Å². The minimum absolute atomic E-state index is 0.593. The number of nitrogens with zero attached hydrogens (tertiary/aromatic N) is 2. The highest BCUT2D eigenvalue weighted by molar-refractivity contribution is 7.09. The van der Waals surface area contributed by atoms with Gasteiger partial charge in [-0.1, -0.05) is 26.7 Å². The minimum Gasteiger partial charge on any atom is -0.358 e. The molecule has 1 aliphatic carbocycles. The highest BCUT2D eigenvalue weighted by atomic mass is 32.1. The lowest BCUT2D eigenvalue weighted by Gasteiger charge is -2.14. The maximum absolute atomic E-state index is 4.44. The first kappa shape index (κ1) is 10.9. The Balaban J connectivity index is 1.86. The Labute approximate surface area is 95.5 Å². The molecule has 0 aliphatic heterocycles. The topological polar surface area (TPSA) is 37.8 Å². The first-order valence-corrected chi connectivity index (χ1v) is 6.68. The fourth-order valence-corrected chi connectivity index (χ4v) is 2.44. The van der Waals surface area contributed by atoms with Crippen LogP contribution in [0.15, 0.2) is 0 Å². The number of aromatic nitrogens is 2. The van der Waals surface area contributed by atoms with E-state index in [1.54, 1.807) is 0 Å². The average molecular weight is 225 g/mol. The second-order valence-electron chi connectivity index (χ2n) is 4.30. The standard InChI is InChI=1S/C11H19N3S/c1-3-9(7-8-5-6-8)12-11-13-10(4-2)14-15-11/h8-9H,3-7H2,1-2H3,(H,12,13,14). The Morgan fingerprint density at radius 1 is 1.47 bits per heavy atom.